The fourth-order valence-electron chi connectivity index (χ4n) is 1.86. The fraction of sp³-hybridized carbons (Fsp3) is 0.375. The summed E-state index contributed by atoms with van der Waals surface area (Å²) < 4.78 is 0. The molecule has 0 amide bonds. The lowest BCUT2D eigenvalue weighted by Gasteiger charge is -2.09. The predicted molar refractivity (Wildman–Crippen MR) is 93.2 cm³/mol. The lowest BCUT2D eigenvalue weighted by atomic mass is 10.1. The molecule has 2 nitrogen and oxygen atoms in total. The maximum atomic E-state index is 6.31. The Balaban J connectivity index is 2.23. The van der Waals surface area contributed by atoms with Gasteiger partial charge in [0.1, 0.15) is 16.1 Å². The molecule has 1 heterocycles. The molecule has 0 spiro atoms. The molecule has 1 aromatic carbocycles. The molecule has 0 aliphatic heterocycles. The minimum absolute atomic E-state index is 0.416. The first-order chi connectivity index (χ1) is 9.97. The number of rotatable bonds is 5. The highest BCUT2D eigenvalue weighted by atomic mass is 35.5. The van der Waals surface area contributed by atoms with E-state index in [2.05, 4.69) is 23.8 Å². The summed E-state index contributed by atoms with van der Waals surface area (Å²) in [4.78, 5) is 8.76. The molecule has 0 bridgehead atoms. The highest BCUT2D eigenvalue weighted by molar-refractivity contribution is 7.98. The Morgan fingerprint density at radius 2 is 1.62 bits per heavy atom. The maximum Gasteiger partial charge on any atom is 0.142 e. The molecular formula is C16H18Cl2N2S. The number of thioether (sulfide) groups is 1. The highest BCUT2D eigenvalue weighted by Gasteiger charge is 2.13. The van der Waals surface area contributed by atoms with Crippen LogP contribution in [-0.2, 0) is 5.75 Å². The van der Waals surface area contributed by atoms with Crippen LogP contribution >= 0.6 is 35.0 Å². The number of hydrogen-bond donors (Lipinski definition) is 0. The van der Waals surface area contributed by atoms with Gasteiger partial charge in [-0.1, -0.05) is 66.9 Å². The fourth-order valence-corrected chi connectivity index (χ4v) is 3.40. The molecule has 0 saturated heterocycles. The zero-order chi connectivity index (χ0) is 15.4. The normalized spacial score (nSPS) is 11.1. The molecule has 0 aliphatic carbocycles. The van der Waals surface area contributed by atoms with Gasteiger partial charge in [0.15, 0.2) is 0 Å². The van der Waals surface area contributed by atoms with Crippen LogP contribution in [0.3, 0.4) is 0 Å². The molecule has 0 atom stereocenters. The van der Waals surface area contributed by atoms with Gasteiger partial charge in [0, 0.05) is 0 Å². The minimum Gasteiger partial charge on any atom is -0.220 e. The largest absolute Gasteiger partial charge is 0.220 e. The number of hydrogen-bond acceptors (Lipinski definition) is 3. The molecule has 5 heteroatoms. The minimum atomic E-state index is 0.416. The summed E-state index contributed by atoms with van der Waals surface area (Å²) in [5.41, 5.74) is 2.83. The second-order valence-electron chi connectivity index (χ2n) is 5.37. The molecule has 0 N–H and O–H groups in total. The lowest BCUT2D eigenvalue weighted by Crippen LogP contribution is -1.99. The topological polar surface area (TPSA) is 25.8 Å². The number of benzene rings is 1. The van der Waals surface area contributed by atoms with Gasteiger partial charge >= 0.3 is 0 Å². The summed E-state index contributed by atoms with van der Waals surface area (Å²) in [6, 6.07) is 8.01. The van der Waals surface area contributed by atoms with Crippen LogP contribution in [0.5, 0.6) is 0 Å². The first-order valence-corrected chi connectivity index (χ1v) is 8.75. The van der Waals surface area contributed by atoms with E-state index < -0.39 is 0 Å². The van der Waals surface area contributed by atoms with Crippen LogP contribution in [0.25, 0.3) is 11.1 Å². The number of aryl methyl sites for hydroxylation is 1. The van der Waals surface area contributed by atoms with Crippen LogP contribution in [0.2, 0.25) is 10.3 Å². The first-order valence-electron chi connectivity index (χ1n) is 6.84. The summed E-state index contributed by atoms with van der Waals surface area (Å²) in [5.74, 6) is 3.13. The average molecular weight is 341 g/mol. The van der Waals surface area contributed by atoms with Crippen LogP contribution in [0.1, 0.15) is 25.2 Å². The van der Waals surface area contributed by atoms with Crippen molar-refractivity contribution in [3.8, 4) is 11.1 Å². The van der Waals surface area contributed by atoms with Crippen molar-refractivity contribution < 1.29 is 0 Å². The van der Waals surface area contributed by atoms with Gasteiger partial charge in [0.2, 0.25) is 0 Å². The molecule has 21 heavy (non-hydrogen) atoms. The Labute approximate surface area is 140 Å². The Morgan fingerprint density at radius 3 is 2.14 bits per heavy atom. The van der Waals surface area contributed by atoms with E-state index in [0.717, 1.165) is 17.1 Å². The van der Waals surface area contributed by atoms with E-state index >= 15 is 0 Å². The molecule has 0 unspecified atom stereocenters. The summed E-state index contributed by atoms with van der Waals surface area (Å²) in [6.45, 7) is 6.42. The molecule has 0 radical (unpaired) electrons. The van der Waals surface area contributed by atoms with Crippen molar-refractivity contribution in [2.45, 2.75) is 26.5 Å². The molecule has 0 aliphatic rings. The maximum absolute atomic E-state index is 6.31. The van der Waals surface area contributed by atoms with Gasteiger partial charge in [0.25, 0.3) is 0 Å². The molecule has 0 fully saturated rings. The van der Waals surface area contributed by atoms with Gasteiger partial charge in [-0.3, -0.25) is 0 Å². The molecule has 112 valence electrons. The van der Waals surface area contributed by atoms with Crippen molar-refractivity contribution in [1.82, 2.24) is 9.97 Å². The van der Waals surface area contributed by atoms with E-state index in [-0.39, 0.29) is 0 Å². The van der Waals surface area contributed by atoms with E-state index in [0.29, 0.717) is 27.6 Å². The number of nitrogens with zero attached hydrogens (tertiary/aromatic N) is 2. The van der Waals surface area contributed by atoms with Crippen molar-refractivity contribution in [3.63, 3.8) is 0 Å². The first kappa shape index (κ1) is 16.6. The molecule has 1 aromatic heterocycles. The van der Waals surface area contributed by atoms with E-state index in [1.807, 2.05) is 31.2 Å². The van der Waals surface area contributed by atoms with Crippen LogP contribution in [0, 0.1) is 12.8 Å². The summed E-state index contributed by atoms with van der Waals surface area (Å²) in [6.07, 6.45) is 0. The molecule has 2 rings (SSSR count). The SMILES string of the molecule is Cc1ccc(-c2c(Cl)nc(CSCC(C)C)nc2Cl)cc1. The van der Waals surface area contributed by atoms with Crippen LogP contribution in [0.15, 0.2) is 24.3 Å². The Bertz CT molecular complexity index is 589. The van der Waals surface area contributed by atoms with Crippen molar-refractivity contribution in [2.24, 2.45) is 5.92 Å². The van der Waals surface area contributed by atoms with Gasteiger partial charge in [-0.05, 0) is 24.2 Å². The van der Waals surface area contributed by atoms with Gasteiger partial charge in [-0.2, -0.15) is 11.8 Å². The Kier molecular flexibility index (Phi) is 5.91. The second kappa shape index (κ2) is 7.48. The third-order valence-corrected chi connectivity index (χ3v) is 4.80. The summed E-state index contributed by atoms with van der Waals surface area (Å²) in [5, 5.41) is 0.831. The predicted octanol–water partition coefficient (Wildman–Crippen LogP) is 5.65. The third kappa shape index (κ3) is 4.60. The third-order valence-electron chi connectivity index (χ3n) is 2.89. The summed E-state index contributed by atoms with van der Waals surface area (Å²) in [7, 11) is 0. The van der Waals surface area contributed by atoms with Crippen LogP contribution < -0.4 is 0 Å². The van der Waals surface area contributed by atoms with E-state index in [1.165, 1.54) is 5.56 Å². The van der Waals surface area contributed by atoms with Crippen LogP contribution in [0.4, 0.5) is 0 Å². The average Bonchev–Trinajstić information content (AvgIpc) is 2.40. The van der Waals surface area contributed by atoms with E-state index in [4.69, 9.17) is 23.2 Å². The standard InChI is InChI=1S/C16H18Cl2N2S/c1-10(2)8-21-9-13-19-15(17)14(16(18)20-13)12-6-4-11(3)5-7-12/h4-7,10H,8-9H2,1-3H3. The van der Waals surface area contributed by atoms with Gasteiger partial charge < -0.3 is 0 Å². The highest BCUT2D eigenvalue weighted by Crippen LogP contribution is 2.33. The van der Waals surface area contributed by atoms with Crippen LogP contribution in [-0.4, -0.2) is 15.7 Å². The Morgan fingerprint density at radius 1 is 1.05 bits per heavy atom. The van der Waals surface area contributed by atoms with Crippen molar-refractivity contribution in [1.29, 1.82) is 0 Å². The molecule has 0 saturated carbocycles. The lowest BCUT2D eigenvalue weighted by molar-refractivity contribution is 0.750. The smallest absolute Gasteiger partial charge is 0.142 e. The number of halogens is 2. The van der Waals surface area contributed by atoms with Gasteiger partial charge in [-0.25, -0.2) is 9.97 Å². The van der Waals surface area contributed by atoms with E-state index in [9.17, 15) is 0 Å². The van der Waals surface area contributed by atoms with Crippen molar-refractivity contribution >= 4 is 35.0 Å². The summed E-state index contributed by atoms with van der Waals surface area (Å²) >= 11 is 14.4. The monoisotopic (exact) mass is 340 g/mol. The van der Waals surface area contributed by atoms with Gasteiger partial charge in [-0.15, -0.1) is 0 Å². The number of aromatic nitrogens is 2. The Hall–Kier alpha value is -0.770. The zero-order valence-corrected chi connectivity index (χ0v) is 14.7. The van der Waals surface area contributed by atoms with Gasteiger partial charge in [0.05, 0.1) is 11.3 Å². The second-order valence-corrected chi connectivity index (χ2v) is 7.12. The van der Waals surface area contributed by atoms with E-state index in [1.54, 1.807) is 11.8 Å². The molecular weight excluding hydrogens is 323 g/mol. The van der Waals surface area contributed by atoms with Crippen molar-refractivity contribution in [2.75, 3.05) is 5.75 Å². The molecule has 2 aromatic rings. The zero-order valence-electron chi connectivity index (χ0n) is 12.4. The quantitative estimate of drug-likeness (QED) is 0.658. The van der Waals surface area contributed by atoms with Crippen molar-refractivity contribution in [3.05, 3.63) is 46.0 Å².